The average molecular weight is 444 g/mol. The Morgan fingerprint density at radius 3 is 1.59 bits per heavy atom. The van der Waals surface area contributed by atoms with Gasteiger partial charge in [0, 0.05) is 11.8 Å². The smallest absolute Gasteiger partial charge is 0.429 e. The number of fused-ring (bicyclic) bond motifs is 2. The van der Waals surface area contributed by atoms with Crippen LogP contribution in [0.5, 0.6) is 0 Å². The Labute approximate surface area is 160 Å². The molecule has 0 aromatic carbocycles. The Morgan fingerprint density at radius 1 is 0.828 bits per heavy atom. The van der Waals surface area contributed by atoms with Crippen LogP contribution in [0.15, 0.2) is 0 Å². The first kappa shape index (κ1) is 23.9. The molecule has 2 rings (SSSR count). The quantitative estimate of drug-likeness (QED) is 0.383. The number of ether oxygens (including phenoxy) is 2. The molecule has 0 aromatic rings. The summed E-state index contributed by atoms with van der Waals surface area (Å²) in [6, 6.07) is 0. The highest BCUT2D eigenvalue weighted by Crippen LogP contribution is 2.73. The van der Waals surface area contributed by atoms with E-state index in [-0.39, 0.29) is 0 Å². The third-order valence-corrected chi connectivity index (χ3v) is 6.00. The highest BCUT2D eigenvalue weighted by molar-refractivity contribution is 5.62. The SMILES string of the molecule is CC1C(C)C2CC1C(F)(F)C2(F)C(OC(=O)OC(C)(C)C)(C(F)(F)F)C(F)(F)F. The second kappa shape index (κ2) is 6.32. The van der Waals surface area contributed by atoms with Gasteiger partial charge in [0.2, 0.25) is 5.67 Å². The van der Waals surface area contributed by atoms with E-state index in [1.54, 1.807) is 0 Å². The molecule has 0 spiro atoms. The van der Waals surface area contributed by atoms with Crippen molar-refractivity contribution < 1.29 is 53.8 Å². The number of alkyl halides is 9. The molecule has 2 saturated carbocycles. The third kappa shape index (κ3) is 3.07. The molecule has 2 aliphatic rings. The van der Waals surface area contributed by atoms with Crippen molar-refractivity contribution in [3.8, 4) is 0 Å². The predicted octanol–water partition coefficient (Wildman–Crippen LogP) is 6.07. The zero-order valence-corrected chi connectivity index (χ0v) is 16.1. The van der Waals surface area contributed by atoms with E-state index in [0.29, 0.717) is 0 Å². The van der Waals surface area contributed by atoms with Crippen LogP contribution in [-0.4, -0.2) is 41.3 Å². The number of carbonyl (C=O) groups is 1. The van der Waals surface area contributed by atoms with Crippen LogP contribution in [0.4, 0.5) is 44.3 Å². The first-order valence-electron chi connectivity index (χ1n) is 8.77. The minimum Gasteiger partial charge on any atom is -0.429 e. The molecule has 3 nitrogen and oxygen atoms in total. The first-order chi connectivity index (χ1) is 12.6. The molecule has 2 aliphatic carbocycles. The Balaban J connectivity index is 2.76. The van der Waals surface area contributed by atoms with E-state index in [4.69, 9.17) is 0 Å². The van der Waals surface area contributed by atoms with Gasteiger partial charge in [-0.3, -0.25) is 0 Å². The molecule has 29 heavy (non-hydrogen) atoms. The summed E-state index contributed by atoms with van der Waals surface area (Å²) in [7, 11) is 0. The van der Waals surface area contributed by atoms with Crippen LogP contribution in [0.2, 0.25) is 0 Å². The molecule has 0 heterocycles. The van der Waals surface area contributed by atoms with Gasteiger partial charge in [-0.15, -0.1) is 0 Å². The van der Waals surface area contributed by atoms with Crippen LogP contribution in [0.3, 0.4) is 0 Å². The van der Waals surface area contributed by atoms with Crippen molar-refractivity contribution in [2.45, 2.75) is 76.2 Å². The van der Waals surface area contributed by atoms with Gasteiger partial charge in [-0.2, -0.15) is 26.3 Å². The lowest BCUT2D eigenvalue weighted by atomic mass is 9.63. The molecule has 0 saturated heterocycles. The van der Waals surface area contributed by atoms with E-state index in [1.807, 2.05) is 0 Å². The van der Waals surface area contributed by atoms with E-state index >= 15 is 4.39 Å². The maximum Gasteiger partial charge on any atom is 0.510 e. The molecular weight excluding hydrogens is 423 g/mol. The summed E-state index contributed by atoms with van der Waals surface area (Å²) in [5.74, 6) is -11.7. The fourth-order valence-electron chi connectivity index (χ4n) is 4.61. The van der Waals surface area contributed by atoms with Gasteiger partial charge in [-0.25, -0.2) is 18.0 Å². The van der Waals surface area contributed by atoms with Crippen molar-refractivity contribution in [3.05, 3.63) is 0 Å². The Morgan fingerprint density at radius 2 is 1.24 bits per heavy atom. The molecule has 170 valence electrons. The van der Waals surface area contributed by atoms with Crippen LogP contribution in [0.1, 0.15) is 41.0 Å². The fourth-order valence-corrected chi connectivity index (χ4v) is 4.61. The molecule has 0 amide bonds. The van der Waals surface area contributed by atoms with Crippen molar-refractivity contribution in [1.29, 1.82) is 0 Å². The number of rotatable bonds is 2. The number of carbonyl (C=O) groups excluding carboxylic acids is 1. The van der Waals surface area contributed by atoms with E-state index in [2.05, 4.69) is 9.47 Å². The second-order valence-corrected chi connectivity index (χ2v) is 8.74. The van der Waals surface area contributed by atoms with Gasteiger partial charge in [0.25, 0.3) is 5.92 Å². The van der Waals surface area contributed by atoms with Crippen LogP contribution in [-0.2, 0) is 9.47 Å². The highest BCUT2D eigenvalue weighted by Gasteiger charge is 2.95. The van der Waals surface area contributed by atoms with Crippen molar-refractivity contribution >= 4 is 6.16 Å². The fraction of sp³-hybridized carbons (Fsp3) is 0.941. The van der Waals surface area contributed by atoms with Crippen molar-refractivity contribution in [3.63, 3.8) is 0 Å². The normalized spacial score (nSPS) is 35.0. The Bertz CT molecular complexity index is 651. The zero-order chi connectivity index (χ0) is 23.0. The minimum absolute atomic E-state index is 0.905. The zero-order valence-electron chi connectivity index (χ0n) is 16.1. The van der Waals surface area contributed by atoms with Gasteiger partial charge < -0.3 is 9.47 Å². The van der Waals surface area contributed by atoms with E-state index < -0.39 is 71.4 Å². The van der Waals surface area contributed by atoms with E-state index in [0.717, 1.165) is 27.7 Å². The Hall–Kier alpha value is -1.36. The van der Waals surface area contributed by atoms with Gasteiger partial charge >= 0.3 is 24.1 Å². The summed E-state index contributed by atoms with van der Waals surface area (Å²) in [4.78, 5) is 11.8. The number of hydrogen-bond donors (Lipinski definition) is 0. The lowest BCUT2D eigenvalue weighted by Crippen LogP contribution is -2.78. The summed E-state index contributed by atoms with van der Waals surface area (Å²) in [5, 5.41) is 0. The van der Waals surface area contributed by atoms with Crippen LogP contribution < -0.4 is 0 Å². The average Bonchev–Trinajstić information content (AvgIpc) is 2.86. The lowest BCUT2D eigenvalue weighted by molar-refractivity contribution is -0.433. The molecule has 0 N–H and O–H groups in total. The number of hydrogen-bond acceptors (Lipinski definition) is 3. The molecule has 0 radical (unpaired) electrons. The lowest BCUT2D eigenvalue weighted by Gasteiger charge is -2.52. The second-order valence-electron chi connectivity index (χ2n) is 8.74. The first-order valence-corrected chi connectivity index (χ1v) is 8.77. The topological polar surface area (TPSA) is 35.5 Å². The summed E-state index contributed by atoms with van der Waals surface area (Å²) < 4.78 is 136. The van der Waals surface area contributed by atoms with Gasteiger partial charge in [0.05, 0.1) is 0 Å². The van der Waals surface area contributed by atoms with E-state index in [1.165, 1.54) is 6.92 Å². The summed E-state index contributed by atoms with van der Waals surface area (Å²) in [5.41, 5.74) is -13.0. The van der Waals surface area contributed by atoms with Crippen molar-refractivity contribution in [2.75, 3.05) is 0 Å². The molecule has 0 aromatic heterocycles. The monoisotopic (exact) mass is 444 g/mol. The predicted molar refractivity (Wildman–Crippen MR) is 80.9 cm³/mol. The van der Waals surface area contributed by atoms with Crippen molar-refractivity contribution in [2.24, 2.45) is 23.7 Å². The minimum atomic E-state index is -6.74. The van der Waals surface area contributed by atoms with Crippen molar-refractivity contribution in [1.82, 2.24) is 0 Å². The van der Waals surface area contributed by atoms with Crippen LogP contribution >= 0.6 is 0 Å². The standard InChI is InChI=1S/C17H21F9O3/c1-7-8(2)10-6-9(7)13(18,14(10,19)20)15(16(21,22)23,17(24,25)26)29-11(27)28-12(3,4)5/h7-10H,6H2,1-5H3. The van der Waals surface area contributed by atoms with Gasteiger partial charge in [0.15, 0.2) is 0 Å². The summed E-state index contributed by atoms with van der Waals surface area (Å²) in [6.45, 7) is 5.60. The molecular formula is C17H21F9O3. The molecule has 5 atom stereocenters. The van der Waals surface area contributed by atoms with Crippen LogP contribution in [0, 0.1) is 23.7 Å². The molecule has 12 heteroatoms. The molecule has 2 fully saturated rings. The van der Waals surface area contributed by atoms with Gasteiger partial charge in [-0.05, 0) is 39.0 Å². The maximum absolute atomic E-state index is 15.8. The molecule has 0 aliphatic heterocycles. The summed E-state index contributed by atoms with van der Waals surface area (Å²) >= 11 is 0. The largest absolute Gasteiger partial charge is 0.510 e. The maximum atomic E-state index is 15.8. The Kier molecular flexibility index (Phi) is 5.21. The number of halogens is 9. The molecule has 5 unspecified atom stereocenters. The van der Waals surface area contributed by atoms with Crippen LogP contribution in [0.25, 0.3) is 0 Å². The third-order valence-electron chi connectivity index (χ3n) is 6.00. The van der Waals surface area contributed by atoms with E-state index in [9.17, 15) is 39.9 Å². The van der Waals surface area contributed by atoms with Gasteiger partial charge in [0.1, 0.15) is 5.60 Å². The molecule has 2 bridgehead atoms. The summed E-state index contributed by atoms with van der Waals surface area (Å²) in [6.07, 6.45) is -16.9. The highest BCUT2D eigenvalue weighted by atomic mass is 19.4. The van der Waals surface area contributed by atoms with Gasteiger partial charge in [-0.1, -0.05) is 13.8 Å².